The lowest BCUT2D eigenvalue weighted by molar-refractivity contribution is -0.134. The van der Waals surface area contributed by atoms with Crippen LogP contribution in [0.5, 0.6) is 11.5 Å². The average molecular weight is 284 g/mol. The summed E-state index contributed by atoms with van der Waals surface area (Å²) in [5.41, 5.74) is 0.547. The Labute approximate surface area is 123 Å². The lowest BCUT2D eigenvalue weighted by Gasteiger charge is -2.06. The molecule has 0 fully saturated rings. The molecule has 0 spiro atoms. The maximum absolute atomic E-state index is 11.6. The first-order valence-electron chi connectivity index (χ1n) is 6.72. The predicted molar refractivity (Wildman–Crippen MR) is 78.6 cm³/mol. The van der Waals surface area contributed by atoms with Gasteiger partial charge < -0.3 is 9.47 Å². The van der Waals surface area contributed by atoms with Gasteiger partial charge in [0.05, 0.1) is 6.61 Å². The fourth-order valence-corrected chi connectivity index (χ4v) is 1.72. The first kappa shape index (κ1) is 14.8. The minimum absolute atomic E-state index is 0.280. The fraction of sp³-hybridized carbons (Fsp3) is 0.176. The van der Waals surface area contributed by atoms with E-state index in [2.05, 4.69) is 0 Å². The summed E-state index contributed by atoms with van der Waals surface area (Å²) in [6.07, 6.45) is 1.61. The molecule has 0 bridgehead atoms. The van der Waals surface area contributed by atoms with Gasteiger partial charge in [-0.05, 0) is 42.8 Å². The molecule has 0 radical (unpaired) electrons. The van der Waals surface area contributed by atoms with Crippen molar-refractivity contribution in [1.29, 1.82) is 0 Å². The van der Waals surface area contributed by atoms with Gasteiger partial charge in [-0.2, -0.15) is 0 Å². The van der Waals surface area contributed by atoms with Crippen molar-refractivity contribution in [2.75, 3.05) is 6.61 Å². The topological polar surface area (TPSA) is 52.6 Å². The fourth-order valence-electron chi connectivity index (χ4n) is 1.72. The van der Waals surface area contributed by atoms with Crippen molar-refractivity contribution >= 4 is 12.3 Å². The normalized spacial score (nSPS) is 9.90. The zero-order chi connectivity index (χ0) is 14.9. The molecule has 0 aromatic heterocycles. The van der Waals surface area contributed by atoms with Crippen LogP contribution in [-0.2, 0) is 4.79 Å². The van der Waals surface area contributed by atoms with Crippen molar-refractivity contribution in [3.05, 3.63) is 60.2 Å². The molecule has 0 aliphatic carbocycles. The smallest absolute Gasteiger partial charge is 0.311 e. The maximum Gasteiger partial charge on any atom is 0.311 e. The molecule has 0 unspecified atom stereocenters. The van der Waals surface area contributed by atoms with Crippen LogP contribution in [0.1, 0.15) is 23.2 Å². The van der Waals surface area contributed by atoms with Gasteiger partial charge in [-0.25, -0.2) is 0 Å². The Morgan fingerprint density at radius 1 is 0.952 bits per heavy atom. The van der Waals surface area contributed by atoms with Crippen molar-refractivity contribution in [3.63, 3.8) is 0 Å². The molecule has 0 aliphatic rings. The highest BCUT2D eigenvalue weighted by molar-refractivity contribution is 5.76. The van der Waals surface area contributed by atoms with Gasteiger partial charge in [0, 0.05) is 12.0 Å². The SMILES string of the molecule is O=Cc1ccc(OC(=O)CCCOc2ccccc2)cc1. The van der Waals surface area contributed by atoms with E-state index in [4.69, 9.17) is 9.47 Å². The molecule has 2 rings (SSSR count). The van der Waals surface area contributed by atoms with E-state index in [-0.39, 0.29) is 12.4 Å². The largest absolute Gasteiger partial charge is 0.494 e. The highest BCUT2D eigenvalue weighted by Gasteiger charge is 2.05. The number of hydrogen-bond acceptors (Lipinski definition) is 4. The van der Waals surface area contributed by atoms with Crippen molar-refractivity contribution in [3.8, 4) is 11.5 Å². The summed E-state index contributed by atoms with van der Waals surface area (Å²) in [5, 5.41) is 0. The van der Waals surface area contributed by atoms with Gasteiger partial charge in [-0.1, -0.05) is 18.2 Å². The number of hydrogen-bond donors (Lipinski definition) is 0. The quantitative estimate of drug-likeness (QED) is 0.339. The Kier molecular flexibility index (Phi) is 5.52. The molecular formula is C17H16O4. The van der Waals surface area contributed by atoms with E-state index in [1.807, 2.05) is 30.3 Å². The van der Waals surface area contributed by atoms with Crippen LogP contribution < -0.4 is 9.47 Å². The molecular weight excluding hydrogens is 268 g/mol. The van der Waals surface area contributed by atoms with Gasteiger partial charge in [-0.3, -0.25) is 9.59 Å². The van der Waals surface area contributed by atoms with Gasteiger partial charge in [0.25, 0.3) is 0 Å². The number of benzene rings is 2. The second kappa shape index (κ2) is 7.85. The monoisotopic (exact) mass is 284 g/mol. The van der Waals surface area contributed by atoms with Crippen molar-refractivity contribution in [2.24, 2.45) is 0 Å². The number of carbonyl (C=O) groups is 2. The lowest BCUT2D eigenvalue weighted by Crippen LogP contribution is -2.09. The van der Waals surface area contributed by atoms with E-state index >= 15 is 0 Å². The van der Waals surface area contributed by atoms with Crippen molar-refractivity contribution in [1.82, 2.24) is 0 Å². The highest BCUT2D eigenvalue weighted by Crippen LogP contribution is 2.13. The van der Waals surface area contributed by atoms with Crippen LogP contribution in [0.25, 0.3) is 0 Å². The van der Waals surface area contributed by atoms with E-state index in [0.717, 1.165) is 12.0 Å². The maximum atomic E-state index is 11.6. The van der Waals surface area contributed by atoms with Crippen LogP contribution in [0.2, 0.25) is 0 Å². The standard InChI is InChI=1S/C17H16O4/c18-13-14-8-10-16(11-9-14)21-17(19)7-4-12-20-15-5-2-1-3-6-15/h1-3,5-6,8-11,13H,4,7,12H2. The van der Waals surface area contributed by atoms with Gasteiger partial charge in [0.1, 0.15) is 17.8 Å². The third-order valence-electron chi connectivity index (χ3n) is 2.79. The van der Waals surface area contributed by atoms with Gasteiger partial charge in [0.2, 0.25) is 0 Å². The van der Waals surface area contributed by atoms with Crippen molar-refractivity contribution < 1.29 is 19.1 Å². The number of para-hydroxylation sites is 1. The number of esters is 1. The average Bonchev–Trinajstić information content (AvgIpc) is 2.53. The molecule has 21 heavy (non-hydrogen) atoms. The van der Waals surface area contributed by atoms with E-state index in [1.165, 1.54) is 0 Å². The van der Waals surface area contributed by atoms with E-state index < -0.39 is 0 Å². The van der Waals surface area contributed by atoms with Crippen LogP contribution in [0.3, 0.4) is 0 Å². The van der Waals surface area contributed by atoms with Gasteiger partial charge >= 0.3 is 5.97 Å². The highest BCUT2D eigenvalue weighted by atomic mass is 16.5. The first-order chi connectivity index (χ1) is 10.3. The molecule has 4 heteroatoms. The Balaban J connectivity index is 1.68. The van der Waals surface area contributed by atoms with Gasteiger partial charge in [0.15, 0.2) is 0 Å². The molecule has 2 aromatic rings. The van der Waals surface area contributed by atoms with E-state index in [9.17, 15) is 9.59 Å². The minimum atomic E-state index is -0.314. The summed E-state index contributed by atoms with van der Waals surface area (Å²) in [7, 11) is 0. The van der Waals surface area contributed by atoms with Crippen LogP contribution >= 0.6 is 0 Å². The summed E-state index contributed by atoms with van der Waals surface area (Å²) in [4.78, 5) is 22.1. The molecule has 0 amide bonds. The molecule has 108 valence electrons. The first-order valence-corrected chi connectivity index (χ1v) is 6.72. The van der Waals surface area contributed by atoms with Crippen LogP contribution in [0.15, 0.2) is 54.6 Å². The number of rotatable bonds is 7. The molecule has 0 saturated carbocycles. The van der Waals surface area contributed by atoms with Crippen LogP contribution in [-0.4, -0.2) is 18.9 Å². The number of ether oxygens (including phenoxy) is 2. The van der Waals surface area contributed by atoms with Crippen molar-refractivity contribution in [2.45, 2.75) is 12.8 Å². The molecule has 2 aromatic carbocycles. The predicted octanol–water partition coefficient (Wildman–Crippen LogP) is 3.26. The summed E-state index contributed by atoms with van der Waals surface area (Å²) in [6, 6.07) is 15.9. The zero-order valence-electron chi connectivity index (χ0n) is 11.5. The Bertz CT molecular complexity index is 575. The molecule has 0 atom stereocenters. The third kappa shape index (κ3) is 5.10. The molecule has 4 nitrogen and oxygen atoms in total. The molecule has 0 heterocycles. The molecule has 0 saturated heterocycles. The summed E-state index contributed by atoms with van der Waals surface area (Å²) in [5.74, 6) is 0.912. The Hall–Kier alpha value is -2.62. The molecule has 0 aliphatic heterocycles. The Morgan fingerprint density at radius 3 is 2.33 bits per heavy atom. The summed E-state index contributed by atoms with van der Waals surface area (Å²) >= 11 is 0. The second-order valence-electron chi connectivity index (χ2n) is 4.43. The summed E-state index contributed by atoms with van der Waals surface area (Å²) < 4.78 is 10.6. The summed E-state index contributed by atoms with van der Waals surface area (Å²) in [6.45, 7) is 0.462. The minimum Gasteiger partial charge on any atom is -0.494 e. The van der Waals surface area contributed by atoms with E-state index in [0.29, 0.717) is 24.3 Å². The van der Waals surface area contributed by atoms with Gasteiger partial charge in [-0.15, -0.1) is 0 Å². The lowest BCUT2D eigenvalue weighted by atomic mass is 10.2. The van der Waals surface area contributed by atoms with Crippen LogP contribution in [0, 0.1) is 0 Å². The van der Waals surface area contributed by atoms with E-state index in [1.54, 1.807) is 24.3 Å². The van der Waals surface area contributed by atoms with Crippen LogP contribution in [0.4, 0.5) is 0 Å². The second-order valence-corrected chi connectivity index (χ2v) is 4.43. The number of carbonyl (C=O) groups excluding carboxylic acids is 2. The third-order valence-corrected chi connectivity index (χ3v) is 2.79. The molecule has 0 N–H and O–H groups in total. The zero-order valence-corrected chi connectivity index (χ0v) is 11.5. The number of aldehydes is 1. The Morgan fingerprint density at radius 2 is 1.67 bits per heavy atom.